The highest BCUT2D eigenvalue weighted by Crippen LogP contribution is 2.37. The molecule has 0 aromatic heterocycles. The maximum Gasteiger partial charge on any atom is 0.487 e. The molecule has 0 bridgehead atoms. The molecule has 0 N–H and O–H groups in total. The van der Waals surface area contributed by atoms with Crippen molar-refractivity contribution in [3.05, 3.63) is 35.8 Å². The molecule has 2 aliphatic heterocycles. The first kappa shape index (κ1) is 18.5. The maximum absolute atomic E-state index is 6.00. The lowest BCUT2D eigenvalue weighted by Crippen LogP contribution is -2.46. The van der Waals surface area contributed by atoms with Crippen LogP contribution in [0.4, 0.5) is 5.69 Å². The van der Waals surface area contributed by atoms with Gasteiger partial charge in [0.15, 0.2) is 0 Å². The third kappa shape index (κ3) is 4.10. The average molecular weight is 342 g/mol. The molecule has 2 fully saturated rings. The van der Waals surface area contributed by atoms with Gasteiger partial charge in [-0.25, -0.2) is 0 Å². The summed E-state index contributed by atoms with van der Waals surface area (Å²) in [5.41, 5.74) is 1.91. The number of hydrogen-bond acceptors (Lipinski definition) is 4. The van der Waals surface area contributed by atoms with Crippen LogP contribution >= 0.6 is 0 Å². The second kappa shape index (κ2) is 7.14. The average Bonchev–Trinajstić information content (AvgIpc) is 2.81. The number of piperazine rings is 1. The third-order valence-electron chi connectivity index (χ3n) is 5.80. The zero-order chi connectivity index (χ0) is 18.1. The summed E-state index contributed by atoms with van der Waals surface area (Å²) in [6, 6.07) is 8.77. The number of likely N-dealkylation sites (N-methyl/N-ethyl adjacent to an activating group) is 1. The SMILES string of the molecule is CCN1CCN(c2ccc(C=CB3OC(C)(C)C(C)(C)O3)cc2)CC1. The van der Waals surface area contributed by atoms with Gasteiger partial charge in [-0.1, -0.05) is 31.1 Å². The monoisotopic (exact) mass is 342 g/mol. The second-order valence-corrected chi connectivity index (χ2v) is 8.00. The van der Waals surface area contributed by atoms with E-state index in [1.54, 1.807) is 0 Å². The van der Waals surface area contributed by atoms with Crippen LogP contribution in [0.3, 0.4) is 0 Å². The van der Waals surface area contributed by atoms with Gasteiger partial charge in [-0.05, 0) is 51.9 Å². The molecule has 0 amide bonds. The van der Waals surface area contributed by atoms with Crippen LogP contribution in [0.25, 0.3) is 6.08 Å². The molecule has 0 radical (unpaired) electrons. The van der Waals surface area contributed by atoms with Crippen LogP contribution in [0.15, 0.2) is 30.2 Å². The third-order valence-corrected chi connectivity index (χ3v) is 5.80. The van der Waals surface area contributed by atoms with Gasteiger partial charge in [0, 0.05) is 31.9 Å². The van der Waals surface area contributed by atoms with Crippen molar-refractivity contribution in [2.24, 2.45) is 0 Å². The number of nitrogens with zero attached hydrogens (tertiary/aromatic N) is 2. The van der Waals surface area contributed by atoms with E-state index < -0.39 is 0 Å². The molecule has 2 aliphatic rings. The Bertz CT molecular complexity index is 589. The fourth-order valence-corrected chi connectivity index (χ4v) is 3.28. The van der Waals surface area contributed by atoms with Crippen LogP contribution in [-0.2, 0) is 9.31 Å². The highest BCUT2D eigenvalue weighted by molar-refractivity contribution is 6.52. The first-order valence-corrected chi connectivity index (χ1v) is 9.42. The Morgan fingerprint density at radius 1 is 0.960 bits per heavy atom. The molecule has 2 saturated heterocycles. The summed E-state index contributed by atoms with van der Waals surface area (Å²) in [5, 5.41) is 0. The summed E-state index contributed by atoms with van der Waals surface area (Å²) in [7, 11) is -0.285. The molecule has 0 saturated carbocycles. The van der Waals surface area contributed by atoms with Gasteiger partial charge in [0.1, 0.15) is 0 Å². The van der Waals surface area contributed by atoms with E-state index in [0.29, 0.717) is 0 Å². The largest absolute Gasteiger partial charge is 0.487 e. The van der Waals surface area contributed by atoms with Crippen molar-refractivity contribution in [1.29, 1.82) is 0 Å². The molecule has 4 nitrogen and oxygen atoms in total. The minimum Gasteiger partial charge on any atom is -0.400 e. The highest BCUT2D eigenvalue weighted by atomic mass is 16.7. The van der Waals surface area contributed by atoms with E-state index in [2.05, 4.69) is 74.8 Å². The van der Waals surface area contributed by atoms with Gasteiger partial charge in [-0.2, -0.15) is 0 Å². The normalized spacial score (nSPS) is 23.6. The Morgan fingerprint density at radius 3 is 2.04 bits per heavy atom. The molecular weight excluding hydrogens is 311 g/mol. The molecule has 0 unspecified atom stereocenters. The lowest BCUT2D eigenvalue weighted by atomic mass is 9.89. The maximum atomic E-state index is 6.00. The highest BCUT2D eigenvalue weighted by Gasteiger charge is 2.49. The zero-order valence-electron chi connectivity index (χ0n) is 16.3. The van der Waals surface area contributed by atoms with Gasteiger partial charge in [0.2, 0.25) is 0 Å². The van der Waals surface area contributed by atoms with Crippen LogP contribution in [-0.4, -0.2) is 55.9 Å². The molecule has 3 rings (SSSR count). The lowest BCUT2D eigenvalue weighted by molar-refractivity contribution is 0.00578. The molecular formula is C20H31BN2O2. The molecule has 2 heterocycles. The van der Waals surface area contributed by atoms with Crippen molar-refractivity contribution in [1.82, 2.24) is 4.90 Å². The zero-order valence-corrected chi connectivity index (χ0v) is 16.3. The van der Waals surface area contributed by atoms with E-state index in [0.717, 1.165) is 32.7 Å². The molecule has 136 valence electrons. The Kier molecular flexibility index (Phi) is 5.28. The van der Waals surface area contributed by atoms with Gasteiger partial charge in [-0.15, -0.1) is 0 Å². The predicted octanol–water partition coefficient (Wildman–Crippen LogP) is 3.47. The fraction of sp³-hybridized carbons (Fsp3) is 0.600. The van der Waals surface area contributed by atoms with Crippen LogP contribution in [0.2, 0.25) is 0 Å². The Hall–Kier alpha value is -1.30. The number of benzene rings is 1. The van der Waals surface area contributed by atoms with Crippen molar-refractivity contribution < 1.29 is 9.31 Å². The summed E-state index contributed by atoms with van der Waals surface area (Å²) < 4.78 is 12.0. The first-order valence-electron chi connectivity index (χ1n) is 9.42. The number of anilines is 1. The van der Waals surface area contributed by atoms with E-state index in [-0.39, 0.29) is 18.3 Å². The summed E-state index contributed by atoms with van der Waals surface area (Å²) in [4.78, 5) is 4.96. The second-order valence-electron chi connectivity index (χ2n) is 8.00. The summed E-state index contributed by atoms with van der Waals surface area (Å²) >= 11 is 0. The van der Waals surface area contributed by atoms with Gasteiger partial charge < -0.3 is 19.1 Å². The minimum atomic E-state index is -0.285. The number of hydrogen-bond donors (Lipinski definition) is 0. The summed E-state index contributed by atoms with van der Waals surface area (Å²) in [6.45, 7) is 16.2. The van der Waals surface area contributed by atoms with Gasteiger partial charge >= 0.3 is 7.12 Å². The van der Waals surface area contributed by atoms with Crippen molar-refractivity contribution in [2.75, 3.05) is 37.6 Å². The smallest absolute Gasteiger partial charge is 0.400 e. The van der Waals surface area contributed by atoms with E-state index in [4.69, 9.17) is 9.31 Å². The molecule has 0 atom stereocenters. The van der Waals surface area contributed by atoms with Gasteiger partial charge in [0.05, 0.1) is 11.2 Å². The van der Waals surface area contributed by atoms with Crippen molar-refractivity contribution in [2.45, 2.75) is 45.8 Å². The number of rotatable bonds is 4. The van der Waals surface area contributed by atoms with Crippen molar-refractivity contribution in [3.63, 3.8) is 0 Å². The van der Waals surface area contributed by atoms with E-state index >= 15 is 0 Å². The van der Waals surface area contributed by atoms with Crippen LogP contribution in [0, 0.1) is 0 Å². The molecule has 25 heavy (non-hydrogen) atoms. The minimum absolute atomic E-state index is 0.285. The van der Waals surface area contributed by atoms with E-state index in [1.807, 2.05) is 5.98 Å². The van der Waals surface area contributed by atoms with Crippen LogP contribution in [0.1, 0.15) is 40.2 Å². The van der Waals surface area contributed by atoms with E-state index in [1.165, 1.54) is 11.3 Å². The predicted molar refractivity (Wildman–Crippen MR) is 106 cm³/mol. The molecule has 0 aliphatic carbocycles. The quantitative estimate of drug-likeness (QED) is 0.783. The van der Waals surface area contributed by atoms with E-state index in [9.17, 15) is 0 Å². The van der Waals surface area contributed by atoms with Gasteiger partial charge in [0.25, 0.3) is 0 Å². The van der Waals surface area contributed by atoms with Crippen molar-refractivity contribution in [3.8, 4) is 0 Å². The Morgan fingerprint density at radius 2 is 1.52 bits per heavy atom. The molecule has 1 aromatic rings. The van der Waals surface area contributed by atoms with Crippen molar-refractivity contribution >= 4 is 18.9 Å². The topological polar surface area (TPSA) is 24.9 Å². The Labute approximate surface area is 152 Å². The molecule has 0 spiro atoms. The Balaban J connectivity index is 1.58. The van der Waals surface area contributed by atoms with Gasteiger partial charge in [-0.3, -0.25) is 0 Å². The lowest BCUT2D eigenvalue weighted by Gasteiger charge is -2.35. The molecule has 5 heteroatoms. The first-order chi connectivity index (χ1) is 11.8. The standard InChI is InChI=1S/C20H31BN2O2/c1-6-22-13-15-23(16-14-22)18-9-7-17(8-10-18)11-12-21-24-19(2,3)20(4,5)25-21/h7-12H,6,13-16H2,1-5H3. The molecule has 1 aromatic carbocycles. The van der Waals surface area contributed by atoms with Crippen LogP contribution in [0.5, 0.6) is 0 Å². The fourth-order valence-electron chi connectivity index (χ4n) is 3.28. The van der Waals surface area contributed by atoms with Crippen LogP contribution < -0.4 is 4.90 Å². The summed E-state index contributed by atoms with van der Waals surface area (Å²) in [6.07, 6.45) is 2.08. The summed E-state index contributed by atoms with van der Waals surface area (Å²) in [5.74, 6) is 2.01.